The van der Waals surface area contributed by atoms with E-state index in [-0.39, 0.29) is 23.6 Å². The van der Waals surface area contributed by atoms with Gasteiger partial charge in [0.25, 0.3) is 0 Å². The summed E-state index contributed by atoms with van der Waals surface area (Å²) < 4.78 is 32.8. The molecule has 7 heteroatoms. The fraction of sp³-hybridized carbons (Fsp3) is 0.583. The molecule has 1 aromatic rings. The highest BCUT2D eigenvalue weighted by atomic mass is 32.2. The molecule has 0 spiro atoms. The van der Waals surface area contributed by atoms with Crippen molar-refractivity contribution in [2.45, 2.75) is 43.4 Å². The Morgan fingerprint density at radius 1 is 1.63 bits per heavy atom. The van der Waals surface area contributed by atoms with Crippen molar-refractivity contribution in [3.05, 3.63) is 24.0 Å². The molecule has 1 aromatic heterocycles. The molecule has 2 unspecified atom stereocenters. The molecular weight excluding hydrogens is 266 g/mol. The molecular formula is C12H19N3O3S. The highest BCUT2D eigenvalue weighted by Gasteiger charge is 2.28. The first-order valence-electron chi connectivity index (χ1n) is 6.32. The topological polar surface area (TPSA) is 94.3 Å². The van der Waals surface area contributed by atoms with Crippen LogP contribution in [0, 0.1) is 0 Å². The van der Waals surface area contributed by atoms with Crippen molar-refractivity contribution in [1.29, 1.82) is 0 Å². The normalized spacial score (nSPS) is 21.5. The Labute approximate surface area is 113 Å². The van der Waals surface area contributed by atoms with Crippen LogP contribution < -0.4 is 10.5 Å². The Kier molecular flexibility index (Phi) is 4.51. The van der Waals surface area contributed by atoms with Crippen LogP contribution in [0.15, 0.2) is 23.2 Å². The zero-order chi connectivity index (χ0) is 13.9. The van der Waals surface area contributed by atoms with Gasteiger partial charge in [0.15, 0.2) is 0 Å². The minimum absolute atomic E-state index is 0.0622. The third-order valence-electron chi connectivity index (χ3n) is 3.19. The predicted molar refractivity (Wildman–Crippen MR) is 70.9 cm³/mol. The minimum atomic E-state index is -3.61. The fourth-order valence-electron chi connectivity index (χ4n) is 2.20. The van der Waals surface area contributed by atoms with Crippen molar-refractivity contribution in [1.82, 2.24) is 9.71 Å². The summed E-state index contributed by atoms with van der Waals surface area (Å²) in [5, 5.41) is 0. The van der Waals surface area contributed by atoms with Crippen LogP contribution >= 0.6 is 0 Å². The zero-order valence-electron chi connectivity index (χ0n) is 10.9. The molecule has 106 valence electrons. The van der Waals surface area contributed by atoms with Crippen molar-refractivity contribution in [3.63, 3.8) is 0 Å². The van der Waals surface area contributed by atoms with E-state index in [0.29, 0.717) is 12.3 Å². The molecule has 2 heterocycles. The number of rotatable bonds is 5. The summed E-state index contributed by atoms with van der Waals surface area (Å²) in [4.78, 5) is 4.13. The maximum Gasteiger partial charge on any atom is 0.242 e. The first-order chi connectivity index (χ1) is 9.04. The lowest BCUT2D eigenvalue weighted by Gasteiger charge is -2.20. The van der Waals surface area contributed by atoms with E-state index >= 15 is 0 Å². The minimum Gasteiger partial charge on any atom is -0.377 e. The number of aromatic nitrogens is 1. The van der Waals surface area contributed by atoms with Gasteiger partial charge < -0.3 is 10.5 Å². The molecule has 1 aliphatic heterocycles. The number of hydrogen-bond donors (Lipinski definition) is 2. The number of pyridine rings is 1. The van der Waals surface area contributed by atoms with Gasteiger partial charge in [-0.2, -0.15) is 0 Å². The lowest BCUT2D eigenvalue weighted by atomic mass is 10.1. The molecule has 0 aliphatic carbocycles. The summed E-state index contributed by atoms with van der Waals surface area (Å²) in [6.45, 7) is 2.59. The Morgan fingerprint density at radius 2 is 2.42 bits per heavy atom. The highest BCUT2D eigenvalue weighted by molar-refractivity contribution is 7.89. The van der Waals surface area contributed by atoms with E-state index in [1.165, 1.54) is 12.3 Å². The molecule has 2 rings (SSSR count). The Hall–Kier alpha value is -1.02. The Morgan fingerprint density at radius 3 is 3.05 bits per heavy atom. The van der Waals surface area contributed by atoms with Gasteiger partial charge >= 0.3 is 0 Å². The molecule has 6 nitrogen and oxygen atoms in total. The van der Waals surface area contributed by atoms with Crippen LogP contribution in [0.4, 0.5) is 0 Å². The standard InChI is InChI=1S/C12H19N3O3S/c1-9(11-4-3-7-18-11)15-19(16,17)12-5-2-6-14-10(12)8-13/h2,5-6,9,11,15H,3-4,7-8,13H2,1H3. The van der Waals surface area contributed by atoms with E-state index in [2.05, 4.69) is 9.71 Å². The van der Waals surface area contributed by atoms with Crippen molar-refractivity contribution < 1.29 is 13.2 Å². The first kappa shape index (κ1) is 14.4. The van der Waals surface area contributed by atoms with Crippen LogP contribution in [0.3, 0.4) is 0 Å². The van der Waals surface area contributed by atoms with E-state index in [4.69, 9.17) is 10.5 Å². The van der Waals surface area contributed by atoms with Gasteiger partial charge in [-0.15, -0.1) is 0 Å². The van der Waals surface area contributed by atoms with E-state index < -0.39 is 10.0 Å². The smallest absolute Gasteiger partial charge is 0.242 e. The second kappa shape index (κ2) is 5.96. The fourth-order valence-corrected chi connectivity index (χ4v) is 3.67. The zero-order valence-corrected chi connectivity index (χ0v) is 11.7. The summed E-state index contributed by atoms with van der Waals surface area (Å²) >= 11 is 0. The summed E-state index contributed by atoms with van der Waals surface area (Å²) in [7, 11) is -3.61. The molecule has 1 aliphatic rings. The largest absolute Gasteiger partial charge is 0.377 e. The summed E-state index contributed by atoms with van der Waals surface area (Å²) in [5.41, 5.74) is 5.89. The van der Waals surface area contributed by atoms with Crippen molar-refractivity contribution in [2.75, 3.05) is 6.61 Å². The van der Waals surface area contributed by atoms with Gasteiger partial charge in [-0.3, -0.25) is 4.98 Å². The number of hydrogen-bond acceptors (Lipinski definition) is 5. The van der Waals surface area contributed by atoms with Crippen LogP contribution in [-0.2, 0) is 21.3 Å². The first-order valence-corrected chi connectivity index (χ1v) is 7.81. The second-order valence-electron chi connectivity index (χ2n) is 4.61. The van der Waals surface area contributed by atoms with Crippen LogP contribution in [0.25, 0.3) is 0 Å². The number of sulfonamides is 1. The molecule has 0 radical (unpaired) electrons. The SMILES string of the molecule is CC(NS(=O)(=O)c1cccnc1CN)C1CCCO1. The molecule has 0 aromatic carbocycles. The lowest BCUT2D eigenvalue weighted by molar-refractivity contribution is 0.0902. The third-order valence-corrected chi connectivity index (χ3v) is 4.83. The summed E-state index contributed by atoms with van der Waals surface area (Å²) in [6, 6.07) is 2.84. The van der Waals surface area contributed by atoms with Crippen molar-refractivity contribution in [3.8, 4) is 0 Å². The van der Waals surface area contributed by atoms with Gasteiger partial charge in [0.1, 0.15) is 4.90 Å². The molecule has 1 saturated heterocycles. The lowest BCUT2D eigenvalue weighted by Crippen LogP contribution is -2.41. The second-order valence-corrected chi connectivity index (χ2v) is 6.30. The highest BCUT2D eigenvalue weighted by Crippen LogP contribution is 2.18. The van der Waals surface area contributed by atoms with E-state index in [1.54, 1.807) is 6.07 Å². The van der Waals surface area contributed by atoms with Gasteiger partial charge in [0, 0.05) is 25.4 Å². The van der Waals surface area contributed by atoms with Crippen molar-refractivity contribution >= 4 is 10.0 Å². The van der Waals surface area contributed by atoms with Crippen molar-refractivity contribution in [2.24, 2.45) is 5.73 Å². The quantitative estimate of drug-likeness (QED) is 0.816. The van der Waals surface area contributed by atoms with Gasteiger partial charge in [0.05, 0.1) is 11.8 Å². The van der Waals surface area contributed by atoms with Gasteiger partial charge in [-0.05, 0) is 31.9 Å². The number of nitrogens with two attached hydrogens (primary N) is 1. The van der Waals surface area contributed by atoms with Crippen LogP contribution in [0.2, 0.25) is 0 Å². The van der Waals surface area contributed by atoms with E-state index in [1.807, 2.05) is 6.92 Å². The maximum atomic E-state index is 12.3. The average Bonchev–Trinajstić information content (AvgIpc) is 2.92. The maximum absolute atomic E-state index is 12.3. The Balaban J connectivity index is 2.17. The van der Waals surface area contributed by atoms with E-state index in [9.17, 15) is 8.42 Å². The monoisotopic (exact) mass is 285 g/mol. The molecule has 0 amide bonds. The molecule has 19 heavy (non-hydrogen) atoms. The Bertz CT molecular complexity index is 527. The average molecular weight is 285 g/mol. The molecule has 2 atom stereocenters. The van der Waals surface area contributed by atoms with Gasteiger partial charge in [0.2, 0.25) is 10.0 Å². The van der Waals surface area contributed by atoms with Crippen LogP contribution in [-0.4, -0.2) is 32.2 Å². The number of ether oxygens (including phenoxy) is 1. The van der Waals surface area contributed by atoms with Crippen LogP contribution in [0.5, 0.6) is 0 Å². The molecule has 1 fully saturated rings. The number of nitrogens with zero attached hydrogens (tertiary/aromatic N) is 1. The summed E-state index contributed by atoms with van der Waals surface area (Å²) in [6.07, 6.45) is 3.32. The van der Waals surface area contributed by atoms with Gasteiger partial charge in [-0.1, -0.05) is 0 Å². The molecule has 3 N–H and O–H groups in total. The molecule has 0 bridgehead atoms. The van der Waals surface area contributed by atoms with Crippen LogP contribution in [0.1, 0.15) is 25.5 Å². The number of nitrogens with one attached hydrogen (secondary N) is 1. The third kappa shape index (κ3) is 3.30. The van der Waals surface area contributed by atoms with E-state index in [0.717, 1.165) is 12.8 Å². The molecule has 0 saturated carbocycles. The predicted octanol–water partition coefficient (Wildman–Crippen LogP) is 0.386. The van der Waals surface area contributed by atoms with Gasteiger partial charge in [-0.25, -0.2) is 13.1 Å². The summed E-state index contributed by atoms with van der Waals surface area (Å²) in [5.74, 6) is 0.